The fourth-order valence-electron chi connectivity index (χ4n) is 2.92. The third-order valence-electron chi connectivity index (χ3n) is 4.28. The third kappa shape index (κ3) is 6.65. The number of rotatable bonds is 3. The van der Waals surface area contributed by atoms with Crippen molar-refractivity contribution in [1.82, 2.24) is 9.80 Å². The van der Waals surface area contributed by atoms with Crippen molar-refractivity contribution in [2.45, 2.75) is 6.54 Å². The van der Waals surface area contributed by atoms with Crippen molar-refractivity contribution in [1.29, 1.82) is 0 Å². The molecule has 2 aliphatic rings. The Hall–Kier alpha value is -1.03. The largest absolute Gasteiger partial charge is 0.412 e. The van der Waals surface area contributed by atoms with Gasteiger partial charge in [-0.25, -0.2) is 0 Å². The minimum atomic E-state index is 0. The number of amides is 1. The summed E-state index contributed by atoms with van der Waals surface area (Å²) >= 11 is 1.74. The van der Waals surface area contributed by atoms with Crippen LogP contribution in [0.4, 0.5) is 5.69 Å². The predicted molar refractivity (Wildman–Crippen MR) is 107 cm³/mol. The van der Waals surface area contributed by atoms with Gasteiger partial charge in [-0.2, -0.15) is 11.8 Å². The average Bonchev–Trinajstić information content (AvgIpc) is 2.51. The zero-order valence-corrected chi connectivity index (χ0v) is 16.2. The quantitative estimate of drug-likeness (QED) is 0.682. The van der Waals surface area contributed by atoms with Crippen LogP contribution in [-0.2, 0) is 11.3 Å². The second-order valence-electron chi connectivity index (χ2n) is 5.79. The molecule has 146 valence electrons. The Morgan fingerprint density at radius 2 is 1.64 bits per heavy atom. The topological polar surface area (TPSA) is 121 Å². The van der Waals surface area contributed by atoms with Gasteiger partial charge in [0.25, 0.3) is 0 Å². The molecule has 25 heavy (non-hydrogen) atoms. The third-order valence-corrected chi connectivity index (χ3v) is 5.20. The van der Waals surface area contributed by atoms with Gasteiger partial charge in [0.05, 0.1) is 5.75 Å². The first-order valence-electron chi connectivity index (χ1n) is 7.61. The van der Waals surface area contributed by atoms with E-state index in [2.05, 4.69) is 41.1 Å². The summed E-state index contributed by atoms with van der Waals surface area (Å²) in [6.07, 6.45) is 0. The highest BCUT2D eigenvalue weighted by atomic mass is 35.5. The molecule has 0 saturated carbocycles. The summed E-state index contributed by atoms with van der Waals surface area (Å²) in [6, 6.07) is 8.55. The van der Waals surface area contributed by atoms with Crippen LogP contribution in [0.15, 0.2) is 24.3 Å². The predicted octanol–water partition coefficient (Wildman–Crippen LogP) is -0.538. The van der Waals surface area contributed by atoms with Gasteiger partial charge in [-0.3, -0.25) is 4.79 Å². The van der Waals surface area contributed by atoms with Gasteiger partial charge in [0.15, 0.2) is 0 Å². The van der Waals surface area contributed by atoms with Crippen molar-refractivity contribution in [2.24, 2.45) is 0 Å². The number of nitrogens with zero attached hydrogens (tertiary/aromatic N) is 3. The lowest BCUT2D eigenvalue weighted by molar-refractivity contribution is -0.129. The number of carbonyl (C=O) groups excluding carboxylic acids is 1. The minimum Gasteiger partial charge on any atom is -0.412 e. The molecule has 1 amide bonds. The molecule has 2 fully saturated rings. The maximum atomic E-state index is 12.0. The van der Waals surface area contributed by atoms with Gasteiger partial charge in [-0.05, 0) is 18.7 Å². The molecule has 7 nitrogen and oxygen atoms in total. The summed E-state index contributed by atoms with van der Waals surface area (Å²) in [4.78, 5) is 18.8. The fourth-order valence-corrected chi connectivity index (χ4v) is 3.77. The molecular formula is C16H30ClN3O4S. The number of halogens is 1. The molecule has 1 aromatic rings. The maximum absolute atomic E-state index is 12.0. The number of benzene rings is 1. The summed E-state index contributed by atoms with van der Waals surface area (Å²) in [6.45, 7) is 5.97. The van der Waals surface area contributed by atoms with Crippen LogP contribution >= 0.6 is 24.2 Å². The van der Waals surface area contributed by atoms with E-state index in [1.165, 1.54) is 11.3 Å². The number of piperazine rings is 1. The molecule has 0 spiro atoms. The molecule has 0 atom stereocenters. The highest BCUT2D eigenvalue weighted by Gasteiger charge is 2.21. The molecule has 0 unspecified atom stereocenters. The Morgan fingerprint density at radius 1 is 1.00 bits per heavy atom. The summed E-state index contributed by atoms with van der Waals surface area (Å²) in [7, 11) is 2.17. The normalized spacial score (nSPS) is 17.6. The molecule has 0 aliphatic carbocycles. The number of thioether (sulfide) groups is 1. The van der Waals surface area contributed by atoms with E-state index in [-0.39, 0.29) is 34.7 Å². The molecule has 3 rings (SSSR count). The first-order chi connectivity index (χ1) is 10.2. The lowest BCUT2D eigenvalue weighted by atomic mass is 10.1. The zero-order valence-electron chi connectivity index (χ0n) is 14.5. The molecule has 6 N–H and O–H groups in total. The van der Waals surface area contributed by atoms with Gasteiger partial charge in [-0.15, -0.1) is 12.4 Å². The van der Waals surface area contributed by atoms with Crippen molar-refractivity contribution in [3.63, 3.8) is 0 Å². The summed E-state index contributed by atoms with van der Waals surface area (Å²) < 4.78 is 0. The molecular weight excluding hydrogens is 366 g/mol. The summed E-state index contributed by atoms with van der Waals surface area (Å²) in [5.74, 6) is 1.97. The van der Waals surface area contributed by atoms with Crippen molar-refractivity contribution >= 4 is 35.8 Å². The lowest BCUT2D eigenvalue weighted by Gasteiger charge is -2.36. The smallest absolute Gasteiger partial charge is 0.232 e. The van der Waals surface area contributed by atoms with E-state index in [1.807, 2.05) is 4.90 Å². The van der Waals surface area contributed by atoms with E-state index >= 15 is 0 Å². The first kappa shape index (κ1) is 26.2. The van der Waals surface area contributed by atoms with Crippen LogP contribution in [0.5, 0.6) is 0 Å². The maximum Gasteiger partial charge on any atom is 0.232 e. The van der Waals surface area contributed by atoms with E-state index in [4.69, 9.17) is 0 Å². The van der Waals surface area contributed by atoms with E-state index in [9.17, 15) is 4.79 Å². The van der Waals surface area contributed by atoms with Gasteiger partial charge in [0.1, 0.15) is 0 Å². The van der Waals surface area contributed by atoms with Gasteiger partial charge in [0.2, 0.25) is 5.91 Å². The number of carbonyl (C=O) groups is 1. The number of anilines is 1. The number of likely N-dealkylation sites (N-methyl/N-ethyl adjacent to an activating group) is 1. The minimum absolute atomic E-state index is 0. The van der Waals surface area contributed by atoms with Crippen molar-refractivity contribution < 1.29 is 21.2 Å². The van der Waals surface area contributed by atoms with Crippen LogP contribution in [0.2, 0.25) is 0 Å². The van der Waals surface area contributed by atoms with E-state index in [0.717, 1.165) is 45.0 Å². The van der Waals surface area contributed by atoms with Crippen LogP contribution in [-0.4, -0.2) is 83.4 Å². The van der Waals surface area contributed by atoms with Crippen molar-refractivity contribution in [3.05, 3.63) is 29.8 Å². The van der Waals surface area contributed by atoms with E-state index < -0.39 is 0 Å². The molecule has 0 bridgehead atoms. The van der Waals surface area contributed by atoms with Crippen LogP contribution in [0.3, 0.4) is 0 Å². The Morgan fingerprint density at radius 3 is 2.28 bits per heavy atom. The molecule has 9 heteroatoms. The van der Waals surface area contributed by atoms with Gasteiger partial charge in [0, 0.05) is 50.7 Å². The van der Waals surface area contributed by atoms with Crippen molar-refractivity contribution in [2.75, 3.05) is 56.2 Å². The Labute approximate surface area is 159 Å². The fraction of sp³-hybridized carbons (Fsp3) is 0.562. The Balaban J connectivity index is 0. The molecule has 2 heterocycles. The molecule has 2 aliphatic heterocycles. The molecule has 0 aromatic heterocycles. The van der Waals surface area contributed by atoms with Gasteiger partial charge < -0.3 is 31.1 Å². The van der Waals surface area contributed by atoms with Crippen LogP contribution in [0.25, 0.3) is 0 Å². The van der Waals surface area contributed by atoms with Crippen LogP contribution < -0.4 is 4.90 Å². The number of para-hydroxylation sites is 1. The number of hydrogen-bond acceptors (Lipinski definition) is 4. The average molecular weight is 396 g/mol. The van der Waals surface area contributed by atoms with Crippen molar-refractivity contribution in [3.8, 4) is 0 Å². The summed E-state index contributed by atoms with van der Waals surface area (Å²) in [5.41, 5.74) is 2.58. The first-order valence-corrected chi connectivity index (χ1v) is 8.76. The lowest BCUT2D eigenvalue weighted by Crippen LogP contribution is -2.45. The molecule has 2 saturated heterocycles. The molecule has 0 radical (unpaired) electrons. The highest BCUT2D eigenvalue weighted by Crippen LogP contribution is 2.24. The number of hydrogen-bond donors (Lipinski definition) is 0. The van der Waals surface area contributed by atoms with Gasteiger partial charge in [-0.1, -0.05) is 18.2 Å². The second-order valence-corrected chi connectivity index (χ2v) is 6.89. The Bertz CT molecular complexity index is 516. The van der Waals surface area contributed by atoms with Crippen LogP contribution in [0.1, 0.15) is 5.56 Å². The van der Waals surface area contributed by atoms with E-state index in [0.29, 0.717) is 5.75 Å². The monoisotopic (exact) mass is 395 g/mol. The zero-order chi connectivity index (χ0) is 14.7. The van der Waals surface area contributed by atoms with E-state index in [1.54, 1.807) is 11.8 Å². The highest BCUT2D eigenvalue weighted by molar-refractivity contribution is 8.00. The standard InChI is InChI=1S/C16H23N3OS.ClH.3H2O/c1-17-6-8-18(9-7-17)15-5-3-2-4-14(15)12-19-10-11-21-13-16(19)20;;;;/h2-5H,6-13H2,1H3;1H;3*1H2. The van der Waals surface area contributed by atoms with Crippen LogP contribution in [0, 0.1) is 0 Å². The summed E-state index contributed by atoms with van der Waals surface area (Å²) in [5, 5.41) is 0. The van der Waals surface area contributed by atoms with Gasteiger partial charge >= 0.3 is 0 Å². The molecule has 1 aromatic carbocycles. The SMILES string of the molecule is CN1CCN(c2ccccc2CN2CCSCC2=O)CC1.Cl.O.O.O. The second kappa shape index (κ2) is 12.3. The Kier molecular flexibility index (Phi) is 12.9.